The highest BCUT2D eigenvalue weighted by atomic mass is 19.4. The molecule has 268 valence electrons. The highest BCUT2D eigenvalue weighted by Gasteiger charge is 2.74. The summed E-state index contributed by atoms with van der Waals surface area (Å²) >= 11 is 0. The van der Waals surface area contributed by atoms with Gasteiger partial charge in [0.25, 0.3) is 0 Å². The Morgan fingerprint density at radius 2 is 1.31 bits per heavy atom. The van der Waals surface area contributed by atoms with Crippen LogP contribution in [0.5, 0.6) is 0 Å². The lowest BCUT2D eigenvalue weighted by Crippen LogP contribution is -2.59. The quantitative estimate of drug-likeness (QED) is 0.228. The normalized spacial score (nSPS) is 22.1. The lowest BCUT2D eigenvalue weighted by atomic mass is 9.99. The number of carbonyl (C=O) groups excluding carboxylic acids is 1. The Morgan fingerprint density at radius 1 is 0.755 bits per heavy atom. The number of rotatable bonds is 9. The Kier molecular flexibility index (Phi) is 10.8. The topological polar surface area (TPSA) is 101 Å². The molecule has 1 aromatic heterocycles. The van der Waals surface area contributed by atoms with Crippen LogP contribution in [-0.2, 0) is 35.8 Å². The van der Waals surface area contributed by atoms with Gasteiger partial charge in [-0.3, -0.25) is 5.32 Å². The van der Waals surface area contributed by atoms with Crippen LogP contribution in [0.3, 0.4) is 0 Å². The Labute approximate surface area is 271 Å². The molecule has 0 unspecified atom stereocenters. The van der Waals surface area contributed by atoms with E-state index < -0.39 is 89.3 Å². The van der Waals surface area contributed by atoms with Gasteiger partial charge in [0.1, 0.15) is 24.0 Å². The van der Waals surface area contributed by atoms with Crippen LogP contribution >= 0.6 is 0 Å². The van der Waals surface area contributed by atoms with Crippen molar-refractivity contribution in [1.29, 1.82) is 0 Å². The number of hydrogen-bond donors (Lipinski definition) is 1. The largest absolute Gasteiger partial charge is 0.460 e. The van der Waals surface area contributed by atoms with Crippen LogP contribution < -0.4 is 5.32 Å². The smallest absolute Gasteiger partial charge is 0.416 e. The summed E-state index contributed by atoms with van der Waals surface area (Å²) < 4.78 is 163. The summed E-state index contributed by atoms with van der Waals surface area (Å²) in [5.74, 6) is -13.4. The van der Waals surface area contributed by atoms with Gasteiger partial charge in [0, 0.05) is 38.1 Å². The van der Waals surface area contributed by atoms with Gasteiger partial charge >= 0.3 is 30.3 Å². The lowest BCUT2D eigenvalue weighted by molar-refractivity contribution is -0.360. The number of nitrogens with zero attached hydrogens (tertiary/aromatic N) is 2. The van der Waals surface area contributed by atoms with Crippen molar-refractivity contribution in [3.63, 3.8) is 0 Å². The van der Waals surface area contributed by atoms with Crippen molar-refractivity contribution in [2.45, 2.75) is 61.8 Å². The van der Waals surface area contributed by atoms with E-state index in [-0.39, 0.29) is 17.3 Å². The molecule has 0 aliphatic carbocycles. The first kappa shape index (κ1) is 37.7. The molecule has 0 bridgehead atoms. The minimum absolute atomic E-state index is 0.0378. The van der Waals surface area contributed by atoms with E-state index in [1.807, 2.05) is 0 Å². The van der Waals surface area contributed by atoms with Crippen LogP contribution in [0.2, 0.25) is 0 Å². The average molecular weight is 716 g/mol. The van der Waals surface area contributed by atoms with Gasteiger partial charge in [0.2, 0.25) is 6.29 Å². The number of aromatic nitrogens is 2. The molecule has 4 rings (SSSR count). The Morgan fingerprint density at radius 3 is 1.82 bits per heavy atom. The number of benzene rings is 2. The van der Waals surface area contributed by atoms with Crippen molar-refractivity contribution in [2.24, 2.45) is 0 Å². The van der Waals surface area contributed by atoms with Gasteiger partial charge in [-0.2, -0.15) is 43.9 Å². The predicted octanol–water partition coefficient (Wildman–Crippen LogP) is 7.46. The van der Waals surface area contributed by atoms with Crippen LogP contribution in [0.15, 0.2) is 54.6 Å². The molecule has 0 radical (unpaired) electrons. The number of alkyl halides is 10. The molecule has 0 spiro atoms. The Balaban J connectivity index is 1.64. The third-order valence-corrected chi connectivity index (χ3v) is 7.46. The van der Waals surface area contributed by atoms with Crippen molar-refractivity contribution in [1.82, 2.24) is 9.97 Å². The van der Waals surface area contributed by atoms with Gasteiger partial charge in [-0.1, -0.05) is 24.3 Å². The van der Waals surface area contributed by atoms with Crippen LogP contribution in [0.1, 0.15) is 18.2 Å². The summed E-state index contributed by atoms with van der Waals surface area (Å²) in [6, 6.07) is 7.36. The molecule has 2 aromatic carbocycles. The fourth-order valence-corrected chi connectivity index (χ4v) is 4.92. The van der Waals surface area contributed by atoms with Crippen molar-refractivity contribution < 1.29 is 72.4 Å². The molecule has 5 atom stereocenters. The Hall–Kier alpha value is -4.07. The number of hydrogen-bond acceptors (Lipinski definition) is 8. The number of carbonyl (C=O) groups is 1. The average Bonchev–Trinajstić information content (AvgIpc) is 3.03. The third kappa shape index (κ3) is 7.73. The first-order chi connectivity index (χ1) is 22.7. The van der Waals surface area contributed by atoms with Crippen LogP contribution in [0.25, 0.3) is 22.6 Å². The molecule has 1 aliphatic rings. The highest BCUT2D eigenvalue weighted by molar-refractivity contribution is 5.85. The molecule has 1 fully saturated rings. The number of halogens is 10. The van der Waals surface area contributed by atoms with E-state index in [1.165, 1.54) is 33.5 Å². The minimum Gasteiger partial charge on any atom is -0.416 e. The van der Waals surface area contributed by atoms with E-state index in [0.29, 0.717) is 12.1 Å². The molecule has 19 heteroatoms. The second-order valence-electron chi connectivity index (χ2n) is 10.6. The van der Waals surface area contributed by atoms with Gasteiger partial charge in [0.15, 0.2) is 5.82 Å². The number of nitrogens with one attached hydrogen (secondary N) is 1. The fraction of sp³-hybridized carbons (Fsp3) is 0.433. The van der Waals surface area contributed by atoms with E-state index in [4.69, 9.17) is 23.7 Å². The van der Waals surface area contributed by atoms with Crippen molar-refractivity contribution in [3.05, 3.63) is 65.9 Å². The number of anilines is 1. The highest BCUT2D eigenvalue weighted by Crippen LogP contribution is 2.51. The minimum atomic E-state index is -6.70. The van der Waals surface area contributed by atoms with Gasteiger partial charge in [-0.05, 0) is 37.3 Å². The number of amides is 1. The zero-order valence-corrected chi connectivity index (χ0v) is 25.7. The van der Waals surface area contributed by atoms with E-state index in [9.17, 15) is 48.7 Å². The summed E-state index contributed by atoms with van der Waals surface area (Å²) in [5, 5.41) is 2.37. The molecular formula is C30H27F10N3O6. The standard InChI is InChI=1S/C30H27F10N3O6/c1-14-21(45-2)22(46-3)23(47-4)25(48-14)49-26(44)41-18-11-7-15(8-12-18)19-13-20(27(31,32)29(36,37)30(38,39)40)43-24(42-19)16-5-9-17(10-6-16)28(33,34)35/h5-14,21-23,25H,1-4H3,(H,41,44)/t14-,21-,22+,23+,25-/m0/s1. The van der Waals surface area contributed by atoms with E-state index >= 15 is 0 Å². The molecule has 1 saturated heterocycles. The molecule has 0 saturated carbocycles. The summed E-state index contributed by atoms with van der Waals surface area (Å²) in [5.41, 5.74) is -4.32. The van der Waals surface area contributed by atoms with E-state index in [1.54, 1.807) is 6.92 Å². The van der Waals surface area contributed by atoms with Gasteiger partial charge in [0.05, 0.1) is 17.4 Å². The summed E-state index contributed by atoms with van der Waals surface area (Å²) in [6.45, 7) is 1.65. The Bertz CT molecular complexity index is 1600. The summed E-state index contributed by atoms with van der Waals surface area (Å²) in [4.78, 5) is 19.8. The second-order valence-corrected chi connectivity index (χ2v) is 10.6. The predicted molar refractivity (Wildman–Crippen MR) is 150 cm³/mol. The SMILES string of the molecule is CO[C@@H]1[C@@H](OC)[C@H](C)O[C@@H](OC(=O)Nc2ccc(-c3cc(C(F)(F)C(F)(F)C(F)(F)F)nc(-c4ccc(C(F)(F)F)cc4)n3)cc2)[C@@H]1OC. The van der Waals surface area contributed by atoms with E-state index in [0.717, 1.165) is 24.3 Å². The zero-order chi connectivity index (χ0) is 36.5. The fourth-order valence-electron chi connectivity index (χ4n) is 4.92. The molecule has 1 aliphatic heterocycles. The summed E-state index contributed by atoms with van der Waals surface area (Å²) in [7, 11) is 4.16. The monoisotopic (exact) mass is 715 g/mol. The second kappa shape index (κ2) is 14.0. The van der Waals surface area contributed by atoms with Gasteiger partial charge in [-0.15, -0.1) is 0 Å². The molecule has 49 heavy (non-hydrogen) atoms. The first-order valence-electron chi connectivity index (χ1n) is 14.0. The first-order valence-corrected chi connectivity index (χ1v) is 14.0. The lowest BCUT2D eigenvalue weighted by Gasteiger charge is -2.43. The van der Waals surface area contributed by atoms with Crippen LogP contribution in [-0.4, -0.2) is 80.2 Å². The van der Waals surface area contributed by atoms with Crippen LogP contribution in [0, 0.1) is 0 Å². The molecular weight excluding hydrogens is 688 g/mol. The van der Waals surface area contributed by atoms with E-state index in [2.05, 4.69) is 15.3 Å². The molecule has 1 N–H and O–H groups in total. The number of ether oxygens (including phenoxy) is 5. The molecule has 1 amide bonds. The number of methoxy groups -OCH3 is 3. The maximum atomic E-state index is 14.8. The van der Waals surface area contributed by atoms with Crippen LogP contribution in [0.4, 0.5) is 54.4 Å². The van der Waals surface area contributed by atoms with Crippen molar-refractivity contribution in [3.8, 4) is 22.6 Å². The maximum Gasteiger partial charge on any atom is 0.460 e. The van der Waals surface area contributed by atoms with Crippen molar-refractivity contribution >= 4 is 11.8 Å². The molecule has 9 nitrogen and oxygen atoms in total. The van der Waals surface area contributed by atoms with Gasteiger partial charge in [-0.25, -0.2) is 14.8 Å². The summed E-state index contributed by atoms with van der Waals surface area (Å²) in [6.07, 6.45) is -16.5. The van der Waals surface area contributed by atoms with Crippen molar-refractivity contribution in [2.75, 3.05) is 26.6 Å². The third-order valence-electron chi connectivity index (χ3n) is 7.46. The molecule has 2 heterocycles. The molecule has 3 aromatic rings. The zero-order valence-electron chi connectivity index (χ0n) is 25.7. The maximum absolute atomic E-state index is 14.8. The van der Waals surface area contributed by atoms with Gasteiger partial charge < -0.3 is 23.7 Å².